The number of hydrogen-bond acceptors (Lipinski definition) is 4. The van der Waals surface area contributed by atoms with Gasteiger partial charge in [-0.1, -0.05) is 18.2 Å². The molecule has 3 aromatic rings. The van der Waals surface area contributed by atoms with Gasteiger partial charge in [-0.15, -0.1) is 11.3 Å². The van der Waals surface area contributed by atoms with Gasteiger partial charge in [-0.2, -0.15) is 0 Å². The molecule has 96 valence electrons. The summed E-state index contributed by atoms with van der Waals surface area (Å²) in [6.45, 7) is 0. The van der Waals surface area contributed by atoms with Crippen molar-refractivity contribution < 1.29 is 9.84 Å². The molecule has 0 aliphatic heterocycles. The molecule has 0 bridgehead atoms. The molecule has 3 nitrogen and oxygen atoms in total. The number of rotatable bonds is 3. The van der Waals surface area contributed by atoms with Gasteiger partial charge in [-0.25, -0.2) is 0 Å². The number of aromatic nitrogens is 1. The molecule has 0 fully saturated rings. The number of benzene rings is 1. The number of methoxy groups -OCH3 is 1. The Morgan fingerprint density at radius 3 is 3.00 bits per heavy atom. The molecule has 19 heavy (non-hydrogen) atoms. The SMILES string of the molecule is COc1csc(C(O)c2cccc3ccncc23)c1. The minimum absolute atomic E-state index is 0.651. The number of nitrogens with zero attached hydrogens (tertiary/aromatic N) is 1. The number of ether oxygens (including phenoxy) is 1. The summed E-state index contributed by atoms with van der Waals surface area (Å²) in [6.07, 6.45) is 2.90. The molecule has 1 aromatic carbocycles. The van der Waals surface area contributed by atoms with Crippen LogP contribution in [-0.2, 0) is 0 Å². The van der Waals surface area contributed by atoms with Crippen molar-refractivity contribution in [2.24, 2.45) is 0 Å². The van der Waals surface area contributed by atoms with Crippen LogP contribution in [0.15, 0.2) is 48.1 Å². The maximum atomic E-state index is 10.5. The minimum Gasteiger partial charge on any atom is -0.496 e. The van der Waals surface area contributed by atoms with E-state index < -0.39 is 6.10 Å². The first-order valence-corrected chi connectivity index (χ1v) is 6.80. The van der Waals surface area contributed by atoms with Crippen molar-refractivity contribution >= 4 is 22.1 Å². The number of aliphatic hydroxyl groups excluding tert-OH is 1. The van der Waals surface area contributed by atoms with Gasteiger partial charge in [0.15, 0.2) is 0 Å². The number of hydrogen-bond donors (Lipinski definition) is 1. The van der Waals surface area contributed by atoms with Crippen LogP contribution >= 0.6 is 11.3 Å². The third kappa shape index (κ3) is 2.20. The van der Waals surface area contributed by atoms with E-state index in [1.165, 1.54) is 11.3 Å². The van der Waals surface area contributed by atoms with Crippen LogP contribution in [0.3, 0.4) is 0 Å². The van der Waals surface area contributed by atoms with E-state index in [2.05, 4.69) is 4.98 Å². The van der Waals surface area contributed by atoms with E-state index in [1.807, 2.05) is 35.7 Å². The van der Waals surface area contributed by atoms with E-state index in [1.54, 1.807) is 19.5 Å². The molecular formula is C15H13NO2S. The van der Waals surface area contributed by atoms with Crippen molar-refractivity contribution in [2.75, 3.05) is 7.11 Å². The predicted molar refractivity (Wildman–Crippen MR) is 76.7 cm³/mol. The summed E-state index contributed by atoms with van der Waals surface area (Å²) in [5.41, 5.74) is 0.870. The van der Waals surface area contributed by atoms with Crippen LogP contribution in [0.4, 0.5) is 0 Å². The summed E-state index contributed by atoms with van der Waals surface area (Å²) in [5.74, 6) is 0.775. The van der Waals surface area contributed by atoms with Crippen molar-refractivity contribution in [3.8, 4) is 5.75 Å². The van der Waals surface area contributed by atoms with Crippen molar-refractivity contribution in [3.63, 3.8) is 0 Å². The lowest BCUT2D eigenvalue weighted by Gasteiger charge is -2.11. The fourth-order valence-electron chi connectivity index (χ4n) is 2.11. The molecule has 0 aliphatic carbocycles. The van der Waals surface area contributed by atoms with E-state index in [0.717, 1.165) is 27.0 Å². The molecule has 3 rings (SSSR count). The van der Waals surface area contributed by atoms with E-state index in [-0.39, 0.29) is 0 Å². The number of fused-ring (bicyclic) bond motifs is 1. The number of aliphatic hydroxyl groups is 1. The van der Waals surface area contributed by atoms with Crippen LogP contribution in [0, 0.1) is 0 Å². The second-order valence-corrected chi connectivity index (χ2v) is 5.18. The Hall–Kier alpha value is -1.91. The van der Waals surface area contributed by atoms with Gasteiger partial charge >= 0.3 is 0 Å². The standard InChI is InChI=1S/C15H13NO2S/c1-18-11-7-14(19-9-11)15(17)12-4-2-3-10-5-6-16-8-13(10)12/h2-9,15,17H,1H3. The first-order valence-electron chi connectivity index (χ1n) is 5.92. The second kappa shape index (κ2) is 4.99. The molecule has 0 spiro atoms. The van der Waals surface area contributed by atoms with Crippen molar-refractivity contribution in [1.82, 2.24) is 4.98 Å². The quantitative estimate of drug-likeness (QED) is 0.794. The molecule has 1 unspecified atom stereocenters. The average Bonchev–Trinajstić information content (AvgIpc) is 2.95. The summed E-state index contributed by atoms with van der Waals surface area (Å²) in [7, 11) is 1.63. The summed E-state index contributed by atoms with van der Waals surface area (Å²) >= 11 is 1.49. The minimum atomic E-state index is -0.651. The molecule has 0 saturated heterocycles. The largest absolute Gasteiger partial charge is 0.496 e. The highest BCUT2D eigenvalue weighted by Gasteiger charge is 2.15. The zero-order valence-corrected chi connectivity index (χ0v) is 11.2. The van der Waals surface area contributed by atoms with E-state index in [4.69, 9.17) is 4.74 Å². The molecule has 4 heteroatoms. The maximum Gasteiger partial charge on any atom is 0.129 e. The normalized spacial score (nSPS) is 12.5. The highest BCUT2D eigenvalue weighted by atomic mass is 32.1. The van der Waals surface area contributed by atoms with Crippen molar-refractivity contribution in [3.05, 3.63) is 58.5 Å². The highest BCUT2D eigenvalue weighted by molar-refractivity contribution is 7.10. The Labute approximate surface area is 115 Å². The fourth-order valence-corrected chi connectivity index (χ4v) is 2.97. The molecule has 0 aliphatic rings. The smallest absolute Gasteiger partial charge is 0.129 e. The van der Waals surface area contributed by atoms with Crippen LogP contribution in [0.5, 0.6) is 5.75 Å². The van der Waals surface area contributed by atoms with Gasteiger partial charge in [0.25, 0.3) is 0 Å². The first kappa shape index (κ1) is 12.1. The third-order valence-corrected chi connectivity index (χ3v) is 4.08. The van der Waals surface area contributed by atoms with E-state index in [9.17, 15) is 5.11 Å². The van der Waals surface area contributed by atoms with Gasteiger partial charge in [0.05, 0.1) is 7.11 Å². The Kier molecular flexibility index (Phi) is 3.19. The van der Waals surface area contributed by atoms with Crippen LogP contribution < -0.4 is 4.74 Å². The molecule has 0 saturated carbocycles. The van der Waals surface area contributed by atoms with Gasteiger partial charge < -0.3 is 9.84 Å². The predicted octanol–water partition coefficient (Wildman–Crippen LogP) is 3.39. The second-order valence-electron chi connectivity index (χ2n) is 4.24. The van der Waals surface area contributed by atoms with Crippen molar-refractivity contribution in [1.29, 1.82) is 0 Å². The summed E-state index contributed by atoms with van der Waals surface area (Å²) < 4.78 is 5.16. The molecule has 0 radical (unpaired) electrons. The molecule has 2 aromatic heterocycles. The Balaban J connectivity index is 2.08. The number of pyridine rings is 1. The van der Waals surface area contributed by atoms with E-state index in [0.29, 0.717) is 0 Å². The van der Waals surface area contributed by atoms with Crippen LogP contribution in [0.25, 0.3) is 10.8 Å². The third-order valence-electron chi connectivity index (χ3n) is 3.11. The molecule has 1 atom stereocenters. The first-order chi connectivity index (χ1) is 9.29. The van der Waals surface area contributed by atoms with Gasteiger partial charge in [-0.05, 0) is 23.1 Å². The fraction of sp³-hybridized carbons (Fsp3) is 0.133. The maximum absolute atomic E-state index is 10.5. The Morgan fingerprint density at radius 2 is 2.21 bits per heavy atom. The lowest BCUT2D eigenvalue weighted by Crippen LogP contribution is -1.98. The Bertz CT molecular complexity index is 703. The van der Waals surface area contributed by atoms with Gasteiger partial charge in [0, 0.05) is 28.0 Å². The average molecular weight is 271 g/mol. The zero-order chi connectivity index (χ0) is 13.2. The van der Waals surface area contributed by atoms with Crippen molar-refractivity contribution in [2.45, 2.75) is 6.10 Å². The lowest BCUT2D eigenvalue weighted by molar-refractivity contribution is 0.225. The summed E-state index contributed by atoms with van der Waals surface area (Å²) in [5, 5.41) is 14.5. The van der Waals surface area contributed by atoms with Gasteiger partial charge in [-0.3, -0.25) is 4.98 Å². The van der Waals surface area contributed by atoms with Gasteiger partial charge in [0.1, 0.15) is 11.9 Å². The monoisotopic (exact) mass is 271 g/mol. The molecule has 2 heterocycles. The van der Waals surface area contributed by atoms with Gasteiger partial charge in [0.2, 0.25) is 0 Å². The van der Waals surface area contributed by atoms with Crippen LogP contribution in [0.2, 0.25) is 0 Å². The molecular weight excluding hydrogens is 258 g/mol. The summed E-state index contributed by atoms with van der Waals surface area (Å²) in [4.78, 5) is 5.01. The van der Waals surface area contributed by atoms with Crippen LogP contribution in [-0.4, -0.2) is 17.2 Å². The Morgan fingerprint density at radius 1 is 1.32 bits per heavy atom. The molecule has 1 N–H and O–H groups in total. The zero-order valence-electron chi connectivity index (χ0n) is 10.4. The van der Waals surface area contributed by atoms with Crippen LogP contribution in [0.1, 0.15) is 16.5 Å². The highest BCUT2D eigenvalue weighted by Crippen LogP contribution is 2.33. The lowest BCUT2D eigenvalue weighted by atomic mass is 10.0. The summed E-state index contributed by atoms with van der Waals surface area (Å²) in [6, 6.07) is 9.71. The van der Waals surface area contributed by atoms with E-state index >= 15 is 0 Å². The topological polar surface area (TPSA) is 42.4 Å². The number of thiophene rings is 1. The molecule has 0 amide bonds.